The van der Waals surface area contributed by atoms with E-state index in [4.69, 9.17) is 0 Å². The Labute approximate surface area is 130 Å². The van der Waals surface area contributed by atoms with Crippen molar-refractivity contribution in [3.05, 3.63) is 33.9 Å². The second-order valence-corrected chi connectivity index (χ2v) is 7.76. The summed E-state index contributed by atoms with van der Waals surface area (Å²) in [5.41, 5.74) is 1.89. The number of nitrogens with one attached hydrogen (secondary N) is 1. The van der Waals surface area contributed by atoms with Crippen LogP contribution < -0.4 is 5.32 Å². The molecule has 0 saturated carbocycles. The number of rotatable bonds is 5. The number of hydrogen-bond donors (Lipinski definition) is 1. The van der Waals surface area contributed by atoms with Gasteiger partial charge in [0.25, 0.3) is 5.69 Å². The number of nitro benzene ring substituents is 1. The first-order chi connectivity index (χ1) is 9.91. The highest BCUT2D eigenvalue weighted by molar-refractivity contribution is 8.00. The Morgan fingerprint density at radius 1 is 1.48 bits per heavy atom. The first kappa shape index (κ1) is 16.1. The van der Waals surface area contributed by atoms with Crippen molar-refractivity contribution in [3.8, 4) is 0 Å². The summed E-state index contributed by atoms with van der Waals surface area (Å²) >= 11 is 2.01. The first-order valence-corrected chi connectivity index (χ1v) is 8.27. The van der Waals surface area contributed by atoms with Crippen LogP contribution in [0, 0.1) is 10.1 Å². The molecular formula is C15H23N3O2S. The van der Waals surface area contributed by atoms with Gasteiger partial charge in [-0.05, 0) is 32.4 Å². The largest absolute Gasteiger partial charge is 0.380 e. The summed E-state index contributed by atoms with van der Waals surface area (Å²) in [5.74, 6) is 1.14. The zero-order valence-electron chi connectivity index (χ0n) is 12.9. The van der Waals surface area contributed by atoms with E-state index in [1.807, 2.05) is 30.8 Å². The minimum atomic E-state index is -0.331. The molecule has 1 aromatic rings. The van der Waals surface area contributed by atoms with Crippen molar-refractivity contribution in [2.45, 2.75) is 32.1 Å². The van der Waals surface area contributed by atoms with Gasteiger partial charge in [-0.2, -0.15) is 11.8 Å². The van der Waals surface area contributed by atoms with Crippen molar-refractivity contribution in [1.29, 1.82) is 0 Å². The third-order valence-electron chi connectivity index (χ3n) is 3.54. The number of hydrogen-bond acceptors (Lipinski definition) is 5. The fourth-order valence-corrected chi connectivity index (χ4v) is 3.86. The Morgan fingerprint density at radius 2 is 2.24 bits per heavy atom. The highest BCUT2D eigenvalue weighted by Crippen LogP contribution is 2.31. The quantitative estimate of drug-likeness (QED) is 0.667. The lowest BCUT2D eigenvalue weighted by atomic mass is 10.1. The van der Waals surface area contributed by atoms with E-state index in [2.05, 4.69) is 24.1 Å². The van der Waals surface area contributed by atoms with Crippen LogP contribution in [0.2, 0.25) is 0 Å². The Morgan fingerprint density at radius 3 is 2.86 bits per heavy atom. The minimum Gasteiger partial charge on any atom is -0.380 e. The van der Waals surface area contributed by atoms with E-state index in [0.717, 1.165) is 31.0 Å². The smallest absolute Gasteiger partial charge is 0.292 e. The van der Waals surface area contributed by atoms with E-state index in [1.54, 1.807) is 6.07 Å². The molecule has 0 aliphatic carbocycles. The van der Waals surface area contributed by atoms with Crippen LogP contribution in [0.5, 0.6) is 0 Å². The minimum absolute atomic E-state index is 0.148. The van der Waals surface area contributed by atoms with Crippen molar-refractivity contribution >= 4 is 23.1 Å². The van der Waals surface area contributed by atoms with Gasteiger partial charge in [-0.25, -0.2) is 0 Å². The normalized spacial score (nSPS) is 18.4. The maximum absolute atomic E-state index is 11.0. The lowest BCUT2D eigenvalue weighted by Gasteiger charge is -2.37. The predicted molar refractivity (Wildman–Crippen MR) is 89.1 cm³/mol. The molecule has 0 atom stereocenters. The van der Waals surface area contributed by atoms with E-state index in [0.29, 0.717) is 12.2 Å². The maximum atomic E-state index is 11.0. The predicted octanol–water partition coefficient (Wildman–Crippen LogP) is 3.35. The van der Waals surface area contributed by atoms with Gasteiger partial charge in [-0.15, -0.1) is 0 Å². The number of anilines is 1. The Balaban J connectivity index is 2.13. The molecule has 0 spiro atoms. The molecule has 116 valence electrons. The van der Waals surface area contributed by atoms with Crippen LogP contribution in [0.4, 0.5) is 11.4 Å². The number of thioether (sulfide) groups is 1. The van der Waals surface area contributed by atoms with Crippen LogP contribution in [0.15, 0.2) is 18.2 Å². The summed E-state index contributed by atoms with van der Waals surface area (Å²) in [6.07, 6.45) is 0. The molecule has 2 rings (SSSR count). The maximum Gasteiger partial charge on any atom is 0.292 e. The molecule has 0 unspecified atom stereocenters. The van der Waals surface area contributed by atoms with Crippen LogP contribution >= 0.6 is 11.8 Å². The summed E-state index contributed by atoms with van der Waals surface area (Å²) in [7, 11) is 0. The highest BCUT2D eigenvalue weighted by atomic mass is 32.2. The van der Waals surface area contributed by atoms with Crippen LogP contribution in [0.25, 0.3) is 0 Å². The molecule has 1 heterocycles. The fourth-order valence-electron chi connectivity index (χ4n) is 2.68. The molecule has 21 heavy (non-hydrogen) atoms. The van der Waals surface area contributed by atoms with Gasteiger partial charge in [0.15, 0.2) is 0 Å². The van der Waals surface area contributed by atoms with Gasteiger partial charge < -0.3 is 5.32 Å². The molecule has 0 amide bonds. The molecule has 6 heteroatoms. The highest BCUT2D eigenvalue weighted by Gasteiger charge is 2.27. The summed E-state index contributed by atoms with van der Waals surface area (Å²) in [4.78, 5) is 13.1. The van der Waals surface area contributed by atoms with E-state index in [-0.39, 0.29) is 15.4 Å². The molecule has 1 aliphatic heterocycles. The first-order valence-electron chi connectivity index (χ1n) is 7.29. The Kier molecular flexibility index (Phi) is 5.11. The standard InChI is InChI=1S/C15H23N3O2S/c1-4-16-13-9-12(5-6-14(13)18(19)20)10-17-7-8-21-15(2,3)11-17/h5-6,9,16H,4,7-8,10-11H2,1-3H3. The number of nitro groups is 1. The van der Waals surface area contributed by atoms with Crippen LogP contribution in [-0.4, -0.2) is 40.0 Å². The average Bonchev–Trinajstić information content (AvgIpc) is 2.37. The van der Waals surface area contributed by atoms with E-state index >= 15 is 0 Å². The van der Waals surface area contributed by atoms with E-state index in [9.17, 15) is 10.1 Å². The molecular weight excluding hydrogens is 286 g/mol. The third-order valence-corrected chi connectivity index (χ3v) is 4.83. The van der Waals surface area contributed by atoms with Gasteiger partial charge in [0, 0.05) is 42.7 Å². The Hall–Kier alpha value is -1.27. The van der Waals surface area contributed by atoms with E-state index in [1.165, 1.54) is 0 Å². The van der Waals surface area contributed by atoms with Crippen LogP contribution in [0.3, 0.4) is 0 Å². The Bertz CT molecular complexity index is 520. The van der Waals surface area contributed by atoms with Crippen LogP contribution in [-0.2, 0) is 6.54 Å². The number of benzene rings is 1. The average molecular weight is 309 g/mol. The molecule has 5 nitrogen and oxygen atoms in total. The summed E-state index contributed by atoms with van der Waals surface area (Å²) in [6, 6.07) is 5.39. The van der Waals surface area contributed by atoms with Crippen molar-refractivity contribution in [2.24, 2.45) is 0 Å². The zero-order valence-corrected chi connectivity index (χ0v) is 13.7. The second-order valence-electron chi connectivity index (χ2n) is 5.96. The monoisotopic (exact) mass is 309 g/mol. The molecule has 1 saturated heterocycles. The molecule has 1 N–H and O–H groups in total. The SMILES string of the molecule is CCNc1cc(CN2CCSC(C)(C)C2)ccc1[N+](=O)[O-]. The van der Waals surface area contributed by atoms with Gasteiger partial charge in [-0.3, -0.25) is 15.0 Å². The zero-order chi connectivity index (χ0) is 15.5. The lowest BCUT2D eigenvalue weighted by molar-refractivity contribution is -0.384. The van der Waals surface area contributed by atoms with Gasteiger partial charge in [-0.1, -0.05) is 6.07 Å². The third kappa shape index (κ3) is 4.35. The topological polar surface area (TPSA) is 58.4 Å². The van der Waals surface area contributed by atoms with Gasteiger partial charge in [0.2, 0.25) is 0 Å². The van der Waals surface area contributed by atoms with Crippen molar-refractivity contribution in [2.75, 3.05) is 30.7 Å². The molecule has 0 aromatic heterocycles. The number of nitrogens with zero attached hydrogens (tertiary/aromatic N) is 2. The van der Waals surface area contributed by atoms with Gasteiger partial charge in [0.1, 0.15) is 5.69 Å². The molecule has 1 fully saturated rings. The summed E-state index contributed by atoms with van der Waals surface area (Å²) in [5, 5.41) is 14.1. The van der Waals surface area contributed by atoms with Crippen molar-refractivity contribution < 1.29 is 4.92 Å². The molecule has 1 aliphatic rings. The second kappa shape index (κ2) is 6.66. The fraction of sp³-hybridized carbons (Fsp3) is 0.600. The molecule has 1 aromatic carbocycles. The van der Waals surface area contributed by atoms with Gasteiger partial charge >= 0.3 is 0 Å². The van der Waals surface area contributed by atoms with Crippen molar-refractivity contribution in [1.82, 2.24) is 4.90 Å². The van der Waals surface area contributed by atoms with Crippen LogP contribution in [0.1, 0.15) is 26.3 Å². The molecule has 0 radical (unpaired) electrons. The molecule has 0 bridgehead atoms. The lowest BCUT2D eigenvalue weighted by Crippen LogP contribution is -2.42. The summed E-state index contributed by atoms with van der Waals surface area (Å²) in [6.45, 7) is 10.1. The summed E-state index contributed by atoms with van der Waals surface area (Å²) < 4.78 is 0.281. The van der Waals surface area contributed by atoms with E-state index < -0.39 is 0 Å². The van der Waals surface area contributed by atoms with Crippen molar-refractivity contribution in [3.63, 3.8) is 0 Å². The van der Waals surface area contributed by atoms with Gasteiger partial charge in [0.05, 0.1) is 4.92 Å².